The van der Waals surface area contributed by atoms with E-state index in [1.54, 1.807) is 0 Å². The average molecular weight is 395 g/mol. The van der Waals surface area contributed by atoms with Crippen LogP contribution in [-0.2, 0) is 11.2 Å². The lowest BCUT2D eigenvalue weighted by Gasteiger charge is -2.32. The summed E-state index contributed by atoms with van der Waals surface area (Å²) in [5.74, 6) is 1.02. The number of pyridine rings is 1. The monoisotopic (exact) mass is 394 g/mol. The van der Waals surface area contributed by atoms with Gasteiger partial charge in [0.05, 0.1) is 5.69 Å². The zero-order valence-electron chi connectivity index (χ0n) is 15.6. The molecule has 0 bridgehead atoms. The molecule has 0 saturated carbocycles. The Bertz CT molecular complexity index is 940. The average Bonchev–Trinajstić information content (AvgIpc) is 3.19. The Balaban J connectivity index is 1.36. The van der Waals surface area contributed by atoms with Gasteiger partial charge < -0.3 is 15.5 Å². The molecule has 6 heteroatoms. The van der Waals surface area contributed by atoms with Gasteiger partial charge >= 0.3 is 0 Å². The van der Waals surface area contributed by atoms with E-state index in [0.717, 1.165) is 60.9 Å². The van der Waals surface area contributed by atoms with Crippen LogP contribution in [0.5, 0.6) is 0 Å². The van der Waals surface area contributed by atoms with Gasteiger partial charge in [0.15, 0.2) is 5.82 Å². The summed E-state index contributed by atoms with van der Waals surface area (Å²) in [4.78, 5) is 19.2. The molecule has 3 aliphatic rings. The first kappa shape index (κ1) is 17.7. The molecule has 5 rings (SSSR count). The lowest BCUT2D eigenvalue weighted by molar-refractivity contribution is -0.117. The smallest absolute Gasteiger partial charge is 0.247 e. The van der Waals surface area contributed by atoms with Gasteiger partial charge in [-0.05, 0) is 67.1 Å². The molecule has 0 radical (unpaired) electrons. The van der Waals surface area contributed by atoms with E-state index >= 15 is 0 Å². The van der Waals surface area contributed by atoms with Crippen molar-refractivity contribution in [3.05, 3.63) is 58.8 Å². The zero-order valence-corrected chi connectivity index (χ0v) is 16.4. The van der Waals surface area contributed by atoms with Crippen LogP contribution >= 0.6 is 11.6 Å². The molecular weight excluding hydrogens is 372 g/mol. The number of anilines is 2. The van der Waals surface area contributed by atoms with E-state index < -0.39 is 0 Å². The van der Waals surface area contributed by atoms with Crippen molar-refractivity contribution in [2.24, 2.45) is 0 Å². The third-order valence-electron chi connectivity index (χ3n) is 5.88. The Morgan fingerprint density at radius 3 is 2.96 bits per heavy atom. The molecule has 1 aromatic carbocycles. The van der Waals surface area contributed by atoms with Crippen molar-refractivity contribution in [1.29, 1.82) is 0 Å². The van der Waals surface area contributed by atoms with E-state index in [4.69, 9.17) is 16.6 Å². The van der Waals surface area contributed by atoms with Crippen molar-refractivity contribution in [3.8, 4) is 0 Å². The second-order valence-electron chi connectivity index (χ2n) is 7.77. The summed E-state index contributed by atoms with van der Waals surface area (Å²) >= 11 is 6.02. The molecule has 144 valence electrons. The summed E-state index contributed by atoms with van der Waals surface area (Å²) in [5, 5.41) is 7.40. The van der Waals surface area contributed by atoms with E-state index in [9.17, 15) is 4.79 Å². The van der Waals surface area contributed by atoms with Gasteiger partial charge in [0, 0.05) is 23.8 Å². The molecule has 4 heterocycles. The van der Waals surface area contributed by atoms with Gasteiger partial charge in [0.2, 0.25) is 5.91 Å². The van der Waals surface area contributed by atoms with E-state index in [1.165, 1.54) is 11.1 Å². The fraction of sp³-hybridized carbons (Fsp3) is 0.364. The van der Waals surface area contributed by atoms with Crippen molar-refractivity contribution in [1.82, 2.24) is 10.3 Å². The van der Waals surface area contributed by atoms with Crippen LogP contribution in [-0.4, -0.2) is 36.1 Å². The number of fused-ring (bicyclic) bond motifs is 3. The van der Waals surface area contributed by atoms with Gasteiger partial charge in [-0.15, -0.1) is 0 Å². The molecule has 1 aromatic heterocycles. The maximum atomic E-state index is 12.4. The summed E-state index contributed by atoms with van der Waals surface area (Å²) in [6.07, 6.45) is 8.08. The molecule has 2 aromatic rings. The van der Waals surface area contributed by atoms with Gasteiger partial charge in [0.1, 0.15) is 6.04 Å². The lowest BCUT2D eigenvalue weighted by Crippen LogP contribution is -2.44. The second kappa shape index (κ2) is 7.22. The number of nitrogens with zero attached hydrogens (tertiary/aromatic N) is 2. The maximum Gasteiger partial charge on any atom is 0.247 e. The standard InChI is InChI=1S/C22H23ClN4O/c23-17-5-3-15(4-6-17)16-7-8-24-18(12-16)10-14-11-19-21(25-13-14)27-9-1-2-20(27)22(28)26-19/h3-6,11-13,18,20,24H,1-2,7-10H2,(H,26,28)/t18?,20-/m0/s1. The van der Waals surface area contributed by atoms with Crippen LogP contribution in [0.1, 0.15) is 30.4 Å². The Kier molecular flexibility index (Phi) is 4.57. The lowest BCUT2D eigenvalue weighted by atomic mass is 9.94. The number of nitrogens with one attached hydrogen (secondary N) is 2. The van der Waals surface area contributed by atoms with Crippen molar-refractivity contribution in [2.75, 3.05) is 23.3 Å². The summed E-state index contributed by atoms with van der Waals surface area (Å²) < 4.78 is 0. The van der Waals surface area contributed by atoms with Gasteiger partial charge in [0.25, 0.3) is 0 Å². The van der Waals surface area contributed by atoms with Gasteiger partial charge in [-0.3, -0.25) is 4.79 Å². The molecule has 1 fully saturated rings. The number of rotatable bonds is 3. The normalized spacial score (nSPS) is 23.7. The highest BCUT2D eigenvalue weighted by Gasteiger charge is 2.37. The minimum absolute atomic E-state index is 0.0456. The van der Waals surface area contributed by atoms with Crippen LogP contribution in [0, 0.1) is 0 Å². The van der Waals surface area contributed by atoms with Crippen LogP contribution in [0.15, 0.2) is 42.6 Å². The third kappa shape index (κ3) is 3.29. The van der Waals surface area contributed by atoms with Crippen LogP contribution < -0.4 is 15.5 Å². The van der Waals surface area contributed by atoms with Gasteiger partial charge in [-0.25, -0.2) is 4.98 Å². The maximum absolute atomic E-state index is 12.4. The van der Waals surface area contributed by atoms with Crippen molar-refractivity contribution >= 4 is 34.6 Å². The number of halogens is 1. The minimum Gasteiger partial charge on any atom is -0.343 e. The largest absolute Gasteiger partial charge is 0.343 e. The second-order valence-corrected chi connectivity index (χ2v) is 8.21. The fourth-order valence-corrected chi connectivity index (χ4v) is 4.64. The Morgan fingerprint density at radius 1 is 1.25 bits per heavy atom. The first-order valence-electron chi connectivity index (χ1n) is 9.94. The first-order valence-corrected chi connectivity index (χ1v) is 10.3. The highest BCUT2D eigenvalue weighted by atomic mass is 35.5. The number of hydrogen-bond acceptors (Lipinski definition) is 4. The summed E-state index contributed by atoms with van der Waals surface area (Å²) in [6.45, 7) is 1.86. The molecule has 5 nitrogen and oxygen atoms in total. The molecule has 3 aliphatic heterocycles. The van der Waals surface area contributed by atoms with Crippen molar-refractivity contribution < 1.29 is 4.79 Å². The summed E-state index contributed by atoms with van der Waals surface area (Å²) in [6, 6.07) is 10.3. The van der Waals surface area contributed by atoms with Crippen molar-refractivity contribution in [2.45, 2.75) is 37.8 Å². The number of hydrogen-bond donors (Lipinski definition) is 2. The van der Waals surface area contributed by atoms with Crippen LogP contribution in [0.2, 0.25) is 5.02 Å². The predicted octanol–water partition coefficient (Wildman–Crippen LogP) is 3.64. The van der Waals surface area contributed by atoms with Crippen molar-refractivity contribution in [3.63, 3.8) is 0 Å². The SMILES string of the molecule is O=C1Nc2cc(CC3C=C(c4ccc(Cl)cc4)CCN3)cnc2N2CCC[C@@H]12. The molecule has 2 atom stereocenters. The first-order chi connectivity index (χ1) is 13.7. The molecule has 2 N–H and O–H groups in total. The minimum atomic E-state index is -0.0456. The fourth-order valence-electron chi connectivity index (χ4n) is 4.51. The van der Waals surface area contributed by atoms with Gasteiger partial charge in [-0.2, -0.15) is 0 Å². The predicted molar refractivity (Wildman–Crippen MR) is 113 cm³/mol. The van der Waals surface area contributed by atoms with E-state index in [2.05, 4.69) is 39.8 Å². The zero-order chi connectivity index (χ0) is 19.1. The van der Waals surface area contributed by atoms with E-state index in [1.807, 2.05) is 18.3 Å². The topological polar surface area (TPSA) is 57.3 Å². The highest BCUT2D eigenvalue weighted by Crippen LogP contribution is 2.35. The van der Waals surface area contributed by atoms with Crippen LogP contribution in [0.25, 0.3) is 5.57 Å². The quantitative estimate of drug-likeness (QED) is 0.834. The molecule has 0 aliphatic carbocycles. The van der Waals surface area contributed by atoms with E-state index in [0.29, 0.717) is 0 Å². The Morgan fingerprint density at radius 2 is 2.11 bits per heavy atom. The summed E-state index contributed by atoms with van der Waals surface area (Å²) in [7, 11) is 0. The van der Waals surface area contributed by atoms with Gasteiger partial charge in [-0.1, -0.05) is 29.8 Å². The number of benzene rings is 1. The Hall–Kier alpha value is -2.37. The third-order valence-corrected chi connectivity index (χ3v) is 6.13. The van der Waals surface area contributed by atoms with Crippen LogP contribution in [0.3, 0.4) is 0 Å². The molecule has 1 unspecified atom stereocenters. The molecule has 0 spiro atoms. The number of carbonyl (C=O) groups excluding carboxylic acids is 1. The number of aromatic nitrogens is 1. The number of carbonyl (C=O) groups is 1. The molecule has 1 amide bonds. The highest BCUT2D eigenvalue weighted by molar-refractivity contribution is 6.30. The number of amides is 1. The molecule has 28 heavy (non-hydrogen) atoms. The van der Waals surface area contributed by atoms with E-state index in [-0.39, 0.29) is 18.0 Å². The van der Waals surface area contributed by atoms with Crippen LogP contribution in [0.4, 0.5) is 11.5 Å². The molecular formula is C22H23ClN4O. The Labute approximate surface area is 169 Å². The summed E-state index contributed by atoms with van der Waals surface area (Å²) in [5.41, 5.74) is 4.55. The molecule has 1 saturated heterocycles.